The number of rotatable bonds is 3. The number of halogens is 3. The van der Waals surface area contributed by atoms with E-state index in [1.165, 1.54) is 10.9 Å². The van der Waals surface area contributed by atoms with Crippen molar-refractivity contribution >= 4 is 5.82 Å². The molecule has 86 valence electrons. The maximum absolute atomic E-state index is 11.9. The second-order valence-corrected chi connectivity index (χ2v) is 3.28. The zero-order valence-electron chi connectivity index (χ0n) is 8.12. The molecule has 0 saturated carbocycles. The summed E-state index contributed by atoms with van der Waals surface area (Å²) in [7, 11) is 1.55. The van der Waals surface area contributed by atoms with E-state index in [9.17, 15) is 18.3 Å². The van der Waals surface area contributed by atoms with E-state index in [0.717, 1.165) is 0 Å². The van der Waals surface area contributed by atoms with E-state index in [2.05, 4.69) is 5.10 Å². The van der Waals surface area contributed by atoms with Gasteiger partial charge < -0.3 is 10.8 Å². The molecule has 4 nitrogen and oxygen atoms in total. The van der Waals surface area contributed by atoms with Gasteiger partial charge in [0.1, 0.15) is 5.82 Å². The molecule has 1 heterocycles. The Morgan fingerprint density at radius 2 is 2.20 bits per heavy atom. The smallest absolute Gasteiger partial charge is 0.388 e. The maximum atomic E-state index is 11.9. The van der Waals surface area contributed by atoms with Gasteiger partial charge in [0.05, 0.1) is 12.3 Å². The van der Waals surface area contributed by atoms with Crippen LogP contribution in [0.5, 0.6) is 0 Å². The van der Waals surface area contributed by atoms with Crippen molar-refractivity contribution in [2.75, 3.05) is 5.73 Å². The SMILES string of the molecule is Cn1ncc(C(O)CCC(F)(F)F)c1N. The molecule has 1 rings (SSSR count). The molecule has 0 aliphatic carbocycles. The number of aryl methyl sites for hydroxylation is 1. The molecule has 0 aliphatic rings. The monoisotopic (exact) mass is 223 g/mol. The lowest BCUT2D eigenvalue weighted by Gasteiger charge is -2.11. The minimum atomic E-state index is -4.27. The van der Waals surface area contributed by atoms with Gasteiger partial charge in [-0.2, -0.15) is 18.3 Å². The molecule has 7 heteroatoms. The topological polar surface area (TPSA) is 64.1 Å². The van der Waals surface area contributed by atoms with Crippen molar-refractivity contribution in [1.82, 2.24) is 9.78 Å². The summed E-state index contributed by atoms with van der Waals surface area (Å²) in [6, 6.07) is 0. The maximum Gasteiger partial charge on any atom is 0.389 e. The number of hydrogen-bond acceptors (Lipinski definition) is 3. The van der Waals surface area contributed by atoms with Crippen molar-refractivity contribution in [2.45, 2.75) is 25.1 Å². The second-order valence-electron chi connectivity index (χ2n) is 3.28. The van der Waals surface area contributed by atoms with Crippen molar-refractivity contribution in [3.63, 3.8) is 0 Å². The molecule has 0 aliphatic heterocycles. The Morgan fingerprint density at radius 1 is 1.60 bits per heavy atom. The lowest BCUT2D eigenvalue weighted by atomic mass is 10.1. The number of nitrogens with two attached hydrogens (primary N) is 1. The molecule has 3 N–H and O–H groups in total. The average Bonchev–Trinajstić information content (AvgIpc) is 2.43. The molecule has 0 bridgehead atoms. The molecule has 1 aromatic rings. The molecule has 1 atom stereocenters. The lowest BCUT2D eigenvalue weighted by Crippen LogP contribution is -2.11. The number of alkyl halides is 3. The van der Waals surface area contributed by atoms with Crippen LogP contribution in [0.25, 0.3) is 0 Å². The summed E-state index contributed by atoms with van der Waals surface area (Å²) in [5.41, 5.74) is 5.74. The Labute approximate surface area is 84.5 Å². The van der Waals surface area contributed by atoms with Gasteiger partial charge in [-0.25, -0.2) is 0 Å². The van der Waals surface area contributed by atoms with Gasteiger partial charge in [0.15, 0.2) is 0 Å². The number of nitrogen functional groups attached to an aromatic ring is 1. The van der Waals surface area contributed by atoms with Crippen LogP contribution in [0, 0.1) is 0 Å². The molecule has 0 spiro atoms. The summed E-state index contributed by atoms with van der Waals surface area (Å²) in [6.45, 7) is 0. The van der Waals surface area contributed by atoms with E-state index in [4.69, 9.17) is 5.73 Å². The van der Waals surface area contributed by atoms with Gasteiger partial charge in [0, 0.05) is 19.0 Å². The fraction of sp³-hybridized carbons (Fsp3) is 0.625. The summed E-state index contributed by atoms with van der Waals surface area (Å²) in [5.74, 6) is 0.185. The normalized spacial score (nSPS) is 14.2. The van der Waals surface area contributed by atoms with Crippen molar-refractivity contribution < 1.29 is 18.3 Å². The van der Waals surface area contributed by atoms with E-state index in [1.807, 2.05) is 0 Å². The third kappa shape index (κ3) is 3.12. The summed E-state index contributed by atoms with van der Waals surface area (Å²) >= 11 is 0. The van der Waals surface area contributed by atoms with Crippen LogP contribution in [0.4, 0.5) is 19.0 Å². The van der Waals surface area contributed by atoms with Gasteiger partial charge in [0.2, 0.25) is 0 Å². The van der Waals surface area contributed by atoms with Gasteiger partial charge in [-0.15, -0.1) is 0 Å². The van der Waals surface area contributed by atoms with Crippen LogP contribution in [0.15, 0.2) is 6.20 Å². The van der Waals surface area contributed by atoms with E-state index < -0.39 is 25.1 Å². The summed E-state index contributed by atoms with van der Waals surface area (Å²) in [6.07, 6.45) is -5.66. The highest BCUT2D eigenvalue weighted by molar-refractivity contribution is 5.39. The quantitative estimate of drug-likeness (QED) is 0.813. The standard InChI is InChI=1S/C8H12F3N3O/c1-14-7(12)5(4-13-14)6(15)2-3-8(9,10)11/h4,6,15H,2-3,12H2,1H3. The third-order valence-electron chi connectivity index (χ3n) is 2.07. The fourth-order valence-electron chi connectivity index (χ4n) is 1.18. The van der Waals surface area contributed by atoms with E-state index >= 15 is 0 Å². The van der Waals surface area contributed by atoms with E-state index in [0.29, 0.717) is 0 Å². The molecular formula is C8H12F3N3O. The van der Waals surface area contributed by atoms with Crippen LogP contribution < -0.4 is 5.73 Å². The molecule has 0 amide bonds. The average molecular weight is 223 g/mol. The van der Waals surface area contributed by atoms with Crippen molar-refractivity contribution in [3.8, 4) is 0 Å². The largest absolute Gasteiger partial charge is 0.389 e. The Balaban J connectivity index is 2.62. The Morgan fingerprint density at radius 3 is 2.60 bits per heavy atom. The first-order valence-corrected chi connectivity index (χ1v) is 4.33. The van der Waals surface area contributed by atoms with Gasteiger partial charge in [0.25, 0.3) is 0 Å². The molecule has 1 aromatic heterocycles. The first-order valence-electron chi connectivity index (χ1n) is 4.33. The highest BCUT2D eigenvalue weighted by Gasteiger charge is 2.29. The summed E-state index contributed by atoms with van der Waals surface area (Å²) < 4.78 is 36.9. The van der Waals surface area contributed by atoms with Crippen molar-refractivity contribution in [1.29, 1.82) is 0 Å². The van der Waals surface area contributed by atoms with Gasteiger partial charge in [-0.3, -0.25) is 4.68 Å². The number of aliphatic hydroxyl groups excluding tert-OH is 1. The molecule has 0 radical (unpaired) electrons. The minimum Gasteiger partial charge on any atom is -0.388 e. The van der Waals surface area contributed by atoms with Crippen LogP contribution in [0.1, 0.15) is 24.5 Å². The van der Waals surface area contributed by atoms with Crippen molar-refractivity contribution in [2.24, 2.45) is 7.05 Å². The highest BCUT2D eigenvalue weighted by Crippen LogP contribution is 2.29. The van der Waals surface area contributed by atoms with Gasteiger partial charge in [-0.1, -0.05) is 0 Å². The zero-order chi connectivity index (χ0) is 11.6. The van der Waals surface area contributed by atoms with Crippen LogP contribution in [-0.2, 0) is 7.05 Å². The van der Waals surface area contributed by atoms with Crippen LogP contribution in [-0.4, -0.2) is 21.1 Å². The second kappa shape index (κ2) is 4.09. The number of hydrogen-bond donors (Lipinski definition) is 2. The molecule has 15 heavy (non-hydrogen) atoms. The first kappa shape index (κ1) is 11.8. The highest BCUT2D eigenvalue weighted by atomic mass is 19.4. The minimum absolute atomic E-state index is 0.185. The van der Waals surface area contributed by atoms with Gasteiger partial charge >= 0.3 is 6.18 Å². The van der Waals surface area contributed by atoms with Crippen LogP contribution >= 0.6 is 0 Å². The predicted octanol–water partition coefficient (Wildman–Crippen LogP) is 1.38. The Bertz CT molecular complexity index is 334. The van der Waals surface area contributed by atoms with E-state index in [-0.39, 0.29) is 11.4 Å². The molecule has 1 unspecified atom stereocenters. The number of aromatic nitrogens is 2. The number of anilines is 1. The van der Waals surface area contributed by atoms with E-state index in [1.54, 1.807) is 7.05 Å². The summed E-state index contributed by atoms with van der Waals surface area (Å²) in [5, 5.41) is 13.2. The number of aliphatic hydroxyl groups is 1. The predicted molar refractivity (Wildman–Crippen MR) is 47.9 cm³/mol. The lowest BCUT2D eigenvalue weighted by molar-refractivity contribution is -0.140. The van der Waals surface area contributed by atoms with Crippen LogP contribution in [0.3, 0.4) is 0 Å². The van der Waals surface area contributed by atoms with Gasteiger partial charge in [-0.05, 0) is 6.42 Å². The van der Waals surface area contributed by atoms with Crippen molar-refractivity contribution in [3.05, 3.63) is 11.8 Å². The zero-order valence-corrected chi connectivity index (χ0v) is 8.12. The van der Waals surface area contributed by atoms with Crippen LogP contribution in [0.2, 0.25) is 0 Å². The Kier molecular flexibility index (Phi) is 3.23. The third-order valence-corrected chi connectivity index (χ3v) is 2.07. The fourth-order valence-corrected chi connectivity index (χ4v) is 1.18. The summed E-state index contributed by atoms with van der Waals surface area (Å²) in [4.78, 5) is 0. The molecule has 0 fully saturated rings. The Hall–Kier alpha value is -1.24. The molecule has 0 saturated heterocycles. The number of nitrogens with zero attached hydrogens (tertiary/aromatic N) is 2. The first-order chi connectivity index (χ1) is 6.81. The molecular weight excluding hydrogens is 211 g/mol. The molecule has 0 aromatic carbocycles.